The normalized spacial score (nSPS) is 10.3. The summed E-state index contributed by atoms with van der Waals surface area (Å²) in [6, 6.07) is 1.50. The van der Waals surface area contributed by atoms with E-state index >= 15 is 0 Å². The van der Waals surface area contributed by atoms with Gasteiger partial charge in [0.05, 0.1) is 24.3 Å². The second-order valence-electron chi connectivity index (χ2n) is 5.72. The van der Waals surface area contributed by atoms with Crippen molar-refractivity contribution in [3.8, 4) is 0 Å². The molecule has 0 radical (unpaired) electrons. The molecule has 0 fully saturated rings. The molecule has 11 heteroatoms. The zero-order valence-electron chi connectivity index (χ0n) is 16.4. The van der Waals surface area contributed by atoms with E-state index < -0.39 is 30.4 Å². The van der Waals surface area contributed by atoms with Gasteiger partial charge < -0.3 is 19.5 Å². The molecular formula is C19H19BrN2O7S. The second-order valence-corrected chi connectivity index (χ2v) is 7.65. The number of nitrogens with one attached hydrogen (secondary N) is 1. The lowest BCUT2D eigenvalue weighted by atomic mass is 10.1. The Morgan fingerprint density at radius 2 is 1.70 bits per heavy atom. The van der Waals surface area contributed by atoms with Gasteiger partial charge in [0, 0.05) is 16.9 Å². The summed E-state index contributed by atoms with van der Waals surface area (Å²) in [5, 5.41) is 2.61. The Kier molecular flexibility index (Phi) is 8.48. The highest BCUT2D eigenvalue weighted by molar-refractivity contribution is 9.10. The third-order valence-corrected chi connectivity index (χ3v) is 5.24. The quantitative estimate of drug-likeness (QED) is 0.434. The van der Waals surface area contributed by atoms with Crippen molar-refractivity contribution in [2.75, 3.05) is 25.1 Å². The van der Waals surface area contributed by atoms with Gasteiger partial charge in [-0.15, -0.1) is 11.3 Å². The van der Waals surface area contributed by atoms with Crippen molar-refractivity contribution in [2.45, 2.75) is 20.8 Å². The molecule has 0 saturated heterocycles. The SMILES string of the molecule is CCOC(=O)c1sc(NC(=O)COC(=O)c2cncc(Br)c2)c(C(=O)OCC)c1C. The fourth-order valence-electron chi connectivity index (χ4n) is 2.34. The van der Waals surface area contributed by atoms with Gasteiger partial charge in [-0.1, -0.05) is 0 Å². The highest BCUT2D eigenvalue weighted by Crippen LogP contribution is 2.34. The van der Waals surface area contributed by atoms with Crippen LogP contribution >= 0.6 is 27.3 Å². The number of esters is 3. The van der Waals surface area contributed by atoms with Crippen molar-refractivity contribution in [1.29, 1.82) is 0 Å². The number of nitrogens with zero attached hydrogens (tertiary/aromatic N) is 1. The average molecular weight is 499 g/mol. The van der Waals surface area contributed by atoms with E-state index in [-0.39, 0.29) is 34.2 Å². The maximum atomic E-state index is 12.3. The summed E-state index contributed by atoms with van der Waals surface area (Å²) in [5.74, 6) is -2.72. The molecule has 9 nitrogen and oxygen atoms in total. The Bertz CT molecular complexity index is 974. The van der Waals surface area contributed by atoms with Gasteiger partial charge in [0.1, 0.15) is 9.88 Å². The van der Waals surface area contributed by atoms with Crippen LogP contribution in [0.2, 0.25) is 0 Å². The van der Waals surface area contributed by atoms with Gasteiger partial charge in [0.25, 0.3) is 5.91 Å². The van der Waals surface area contributed by atoms with Gasteiger partial charge in [-0.05, 0) is 48.3 Å². The van der Waals surface area contributed by atoms with Crippen molar-refractivity contribution in [1.82, 2.24) is 4.98 Å². The van der Waals surface area contributed by atoms with Gasteiger partial charge in [-0.2, -0.15) is 0 Å². The Morgan fingerprint density at radius 1 is 1.03 bits per heavy atom. The number of thiophene rings is 1. The molecule has 2 heterocycles. The minimum Gasteiger partial charge on any atom is -0.462 e. The number of hydrogen-bond acceptors (Lipinski definition) is 9. The molecule has 1 amide bonds. The number of carbonyl (C=O) groups is 4. The Morgan fingerprint density at radius 3 is 2.33 bits per heavy atom. The summed E-state index contributed by atoms with van der Waals surface area (Å²) in [5.41, 5.74) is 0.561. The minimum atomic E-state index is -0.737. The van der Waals surface area contributed by atoms with Crippen molar-refractivity contribution < 1.29 is 33.4 Å². The fraction of sp³-hybridized carbons (Fsp3) is 0.316. The van der Waals surface area contributed by atoms with Crippen molar-refractivity contribution in [3.05, 3.63) is 44.5 Å². The van der Waals surface area contributed by atoms with Crippen LogP contribution in [0.1, 0.15) is 49.8 Å². The zero-order valence-corrected chi connectivity index (χ0v) is 18.8. The molecule has 2 aromatic rings. The van der Waals surface area contributed by atoms with Gasteiger partial charge in [-0.25, -0.2) is 14.4 Å². The predicted octanol–water partition coefficient (Wildman–Crippen LogP) is 3.36. The van der Waals surface area contributed by atoms with E-state index in [1.165, 1.54) is 18.5 Å². The first-order valence-corrected chi connectivity index (χ1v) is 10.4. The lowest BCUT2D eigenvalue weighted by Crippen LogP contribution is -2.21. The molecular weight excluding hydrogens is 480 g/mol. The van der Waals surface area contributed by atoms with Gasteiger partial charge in [0.15, 0.2) is 6.61 Å². The zero-order chi connectivity index (χ0) is 22.3. The summed E-state index contributed by atoms with van der Waals surface area (Å²) in [4.78, 5) is 52.8. The van der Waals surface area contributed by atoms with Crippen LogP contribution in [0.15, 0.2) is 22.9 Å². The summed E-state index contributed by atoms with van der Waals surface area (Å²) < 4.78 is 15.6. The molecule has 0 spiro atoms. The first-order chi connectivity index (χ1) is 14.3. The molecule has 0 unspecified atom stereocenters. The molecule has 0 aliphatic heterocycles. The first kappa shape index (κ1) is 23.5. The molecule has 0 atom stereocenters. The van der Waals surface area contributed by atoms with Crippen LogP contribution in [-0.4, -0.2) is 48.6 Å². The molecule has 0 bridgehead atoms. The minimum absolute atomic E-state index is 0.0563. The van der Waals surface area contributed by atoms with E-state index in [0.717, 1.165) is 11.3 Å². The summed E-state index contributed by atoms with van der Waals surface area (Å²) in [7, 11) is 0. The molecule has 0 aromatic carbocycles. The molecule has 2 aromatic heterocycles. The van der Waals surface area contributed by atoms with Crippen LogP contribution in [0.25, 0.3) is 0 Å². The number of pyridine rings is 1. The lowest BCUT2D eigenvalue weighted by molar-refractivity contribution is -0.119. The van der Waals surface area contributed by atoms with Crippen LogP contribution in [0, 0.1) is 6.92 Å². The van der Waals surface area contributed by atoms with E-state index in [9.17, 15) is 19.2 Å². The number of hydrogen-bond donors (Lipinski definition) is 1. The first-order valence-electron chi connectivity index (χ1n) is 8.83. The molecule has 2 rings (SSSR count). The number of carbonyl (C=O) groups excluding carboxylic acids is 4. The van der Waals surface area contributed by atoms with Crippen LogP contribution in [-0.2, 0) is 19.0 Å². The maximum Gasteiger partial charge on any atom is 0.348 e. The number of halogens is 1. The predicted molar refractivity (Wildman–Crippen MR) is 112 cm³/mol. The number of anilines is 1. The average Bonchev–Trinajstić information content (AvgIpc) is 3.02. The number of amides is 1. The van der Waals surface area contributed by atoms with Crippen LogP contribution in [0.3, 0.4) is 0 Å². The molecule has 30 heavy (non-hydrogen) atoms. The van der Waals surface area contributed by atoms with Gasteiger partial charge in [0.2, 0.25) is 0 Å². The summed E-state index contributed by atoms with van der Waals surface area (Å²) in [6.45, 7) is 4.54. The van der Waals surface area contributed by atoms with E-state index in [1.807, 2.05) is 0 Å². The van der Waals surface area contributed by atoms with Gasteiger partial charge >= 0.3 is 17.9 Å². The molecule has 0 saturated carbocycles. The van der Waals surface area contributed by atoms with E-state index in [1.54, 1.807) is 20.8 Å². The van der Waals surface area contributed by atoms with E-state index in [0.29, 0.717) is 10.0 Å². The topological polar surface area (TPSA) is 121 Å². The van der Waals surface area contributed by atoms with Crippen molar-refractivity contribution in [3.63, 3.8) is 0 Å². The van der Waals surface area contributed by atoms with Crippen LogP contribution in [0.4, 0.5) is 5.00 Å². The Hall–Kier alpha value is -2.79. The summed E-state index contributed by atoms with van der Waals surface area (Å²) >= 11 is 4.08. The molecule has 1 N–H and O–H groups in total. The standard InChI is InChI=1S/C19H19BrN2O7S/c1-4-27-18(25)14-10(3)15(19(26)28-5-2)30-16(14)22-13(23)9-29-17(24)11-6-12(20)8-21-7-11/h6-8H,4-5,9H2,1-3H3,(H,22,23). The number of aromatic nitrogens is 1. The van der Waals surface area contributed by atoms with Crippen LogP contribution in [0.5, 0.6) is 0 Å². The Labute approximate surface area is 184 Å². The number of ether oxygens (including phenoxy) is 3. The maximum absolute atomic E-state index is 12.3. The highest BCUT2D eigenvalue weighted by Gasteiger charge is 2.27. The molecule has 160 valence electrons. The third-order valence-electron chi connectivity index (χ3n) is 3.62. The molecule has 0 aliphatic rings. The highest BCUT2D eigenvalue weighted by atomic mass is 79.9. The van der Waals surface area contributed by atoms with Crippen molar-refractivity contribution in [2.24, 2.45) is 0 Å². The van der Waals surface area contributed by atoms with Crippen LogP contribution < -0.4 is 5.32 Å². The smallest absolute Gasteiger partial charge is 0.348 e. The second kappa shape index (κ2) is 10.8. The Balaban J connectivity index is 2.16. The molecule has 0 aliphatic carbocycles. The van der Waals surface area contributed by atoms with E-state index in [2.05, 4.69) is 26.2 Å². The summed E-state index contributed by atoms with van der Waals surface area (Å²) in [6.07, 6.45) is 2.80. The third kappa shape index (κ3) is 5.86. The fourth-order valence-corrected chi connectivity index (χ4v) is 3.81. The van der Waals surface area contributed by atoms with Crippen molar-refractivity contribution >= 4 is 56.1 Å². The lowest BCUT2D eigenvalue weighted by Gasteiger charge is -2.08. The van der Waals surface area contributed by atoms with E-state index in [4.69, 9.17) is 14.2 Å². The largest absolute Gasteiger partial charge is 0.462 e. The monoisotopic (exact) mass is 498 g/mol. The number of rotatable bonds is 8. The van der Waals surface area contributed by atoms with Gasteiger partial charge in [-0.3, -0.25) is 9.78 Å².